The lowest BCUT2D eigenvalue weighted by Crippen LogP contribution is -2.25. The van der Waals surface area contributed by atoms with Crippen molar-refractivity contribution in [3.63, 3.8) is 0 Å². The van der Waals surface area contributed by atoms with Crippen LogP contribution in [-0.2, 0) is 9.63 Å². The summed E-state index contributed by atoms with van der Waals surface area (Å²) in [6, 6.07) is 0. The summed E-state index contributed by atoms with van der Waals surface area (Å²) < 4.78 is 0. The summed E-state index contributed by atoms with van der Waals surface area (Å²) in [5, 5.41) is 5.83. The van der Waals surface area contributed by atoms with Crippen LogP contribution in [0, 0.1) is 0 Å². The molecule has 0 spiro atoms. The van der Waals surface area contributed by atoms with Crippen LogP contribution in [0.3, 0.4) is 0 Å². The molecule has 4 N–H and O–H groups in total. The Labute approximate surface area is 103 Å². The predicted molar refractivity (Wildman–Crippen MR) is 65.6 cm³/mol. The maximum atomic E-state index is 11.2. The standard InChI is InChI=1S/C10H14N4O2S/c11-9(15)8(7-5-17-10(12)13-7)14-16-6-3-1-2-4-6/h5-6H,1-4H2,(H2,11,15)(H2,12,13)/b14-8-. The Morgan fingerprint density at radius 3 is 2.76 bits per heavy atom. The third-order valence-electron chi connectivity index (χ3n) is 2.59. The number of nitrogens with two attached hydrogens (primary N) is 2. The molecule has 2 rings (SSSR count). The molecule has 92 valence electrons. The van der Waals surface area contributed by atoms with Crippen molar-refractivity contribution in [2.45, 2.75) is 31.8 Å². The molecule has 1 saturated carbocycles. The Morgan fingerprint density at radius 1 is 1.53 bits per heavy atom. The largest absolute Gasteiger partial charge is 0.392 e. The number of rotatable bonds is 4. The molecule has 1 heterocycles. The van der Waals surface area contributed by atoms with Gasteiger partial charge in [-0.25, -0.2) is 4.98 Å². The van der Waals surface area contributed by atoms with Gasteiger partial charge in [-0.2, -0.15) is 0 Å². The zero-order chi connectivity index (χ0) is 12.3. The van der Waals surface area contributed by atoms with Gasteiger partial charge in [-0.1, -0.05) is 5.16 Å². The van der Waals surface area contributed by atoms with E-state index in [4.69, 9.17) is 16.3 Å². The van der Waals surface area contributed by atoms with Gasteiger partial charge in [0, 0.05) is 5.38 Å². The second kappa shape index (κ2) is 5.13. The smallest absolute Gasteiger partial charge is 0.273 e. The van der Waals surface area contributed by atoms with E-state index in [1.807, 2.05) is 0 Å². The summed E-state index contributed by atoms with van der Waals surface area (Å²) in [6.07, 6.45) is 4.29. The van der Waals surface area contributed by atoms with Crippen molar-refractivity contribution in [2.75, 3.05) is 5.73 Å². The number of carbonyl (C=O) groups is 1. The number of nitrogen functional groups attached to an aromatic ring is 1. The summed E-state index contributed by atoms with van der Waals surface area (Å²) in [6.45, 7) is 0. The molecule has 17 heavy (non-hydrogen) atoms. The van der Waals surface area contributed by atoms with Gasteiger partial charge in [0.05, 0.1) is 0 Å². The summed E-state index contributed by atoms with van der Waals surface area (Å²) in [7, 11) is 0. The molecular formula is C10H14N4O2S. The fourth-order valence-corrected chi connectivity index (χ4v) is 2.28. The summed E-state index contributed by atoms with van der Waals surface area (Å²) in [5.41, 5.74) is 11.1. The molecular weight excluding hydrogens is 240 g/mol. The van der Waals surface area contributed by atoms with Crippen LogP contribution in [0.1, 0.15) is 31.4 Å². The quantitative estimate of drug-likeness (QED) is 0.614. The van der Waals surface area contributed by atoms with Gasteiger partial charge in [0.1, 0.15) is 11.8 Å². The van der Waals surface area contributed by atoms with E-state index < -0.39 is 5.91 Å². The number of amides is 1. The molecule has 1 aliphatic rings. The minimum Gasteiger partial charge on any atom is -0.392 e. The van der Waals surface area contributed by atoms with Crippen molar-refractivity contribution in [3.8, 4) is 0 Å². The number of carbonyl (C=O) groups excluding carboxylic acids is 1. The minimum absolute atomic E-state index is 0.0323. The Balaban J connectivity index is 2.11. The maximum Gasteiger partial charge on any atom is 0.273 e. The summed E-state index contributed by atoms with van der Waals surface area (Å²) in [4.78, 5) is 20.5. The predicted octanol–water partition coefficient (Wildman–Crippen LogP) is 0.874. The van der Waals surface area contributed by atoms with Gasteiger partial charge in [-0.15, -0.1) is 11.3 Å². The number of primary amides is 1. The molecule has 0 radical (unpaired) electrons. The van der Waals surface area contributed by atoms with E-state index in [0.29, 0.717) is 10.8 Å². The molecule has 1 amide bonds. The molecule has 0 aromatic carbocycles. The molecule has 7 heteroatoms. The van der Waals surface area contributed by atoms with Crippen molar-refractivity contribution in [3.05, 3.63) is 11.1 Å². The third-order valence-corrected chi connectivity index (χ3v) is 3.27. The first kappa shape index (κ1) is 11.8. The number of hydrogen-bond acceptors (Lipinski definition) is 6. The molecule has 1 fully saturated rings. The first-order valence-electron chi connectivity index (χ1n) is 5.42. The first-order chi connectivity index (χ1) is 8.16. The van der Waals surface area contributed by atoms with E-state index in [-0.39, 0.29) is 11.8 Å². The molecule has 0 aliphatic heterocycles. The fourth-order valence-electron chi connectivity index (χ4n) is 1.74. The van der Waals surface area contributed by atoms with E-state index >= 15 is 0 Å². The molecule has 0 bridgehead atoms. The van der Waals surface area contributed by atoms with E-state index in [0.717, 1.165) is 25.7 Å². The van der Waals surface area contributed by atoms with Crippen LogP contribution in [0.15, 0.2) is 10.5 Å². The van der Waals surface area contributed by atoms with Crippen LogP contribution in [0.25, 0.3) is 0 Å². The Bertz CT molecular complexity index is 437. The van der Waals surface area contributed by atoms with Crippen molar-refractivity contribution in [1.82, 2.24) is 4.98 Å². The van der Waals surface area contributed by atoms with Crippen LogP contribution in [0.2, 0.25) is 0 Å². The number of thiazole rings is 1. The van der Waals surface area contributed by atoms with E-state index in [1.165, 1.54) is 11.3 Å². The molecule has 1 aliphatic carbocycles. The summed E-state index contributed by atoms with van der Waals surface area (Å²) >= 11 is 1.23. The zero-order valence-corrected chi connectivity index (χ0v) is 10.1. The van der Waals surface area contributed by atoms with Crippen molar-refractivity contribution < 1.29 is 9.63 Å². The van der Waals surface area contributed by atoms with Crippen LogP contribution in [-0.4, -0.2) is 22.7 Å². The number of oxime groups is 1. The highest BCUT2D eigenvalue weighted by Gasteiger charge is 2.19. The van der Waals surface area contributed by atoms with E-state index in [9.17, 15) is 4.79 Å². The highest BCUT2D eigenvalue weighted by atomic mass is 32.1. The number of aromatic nitrogens is 1. The van der Waals surface area contributed by atoms with Crippen molar-refractivity contribution in [2.24, 2.45) is 10.9 Å². The Kier molecular flexibility index (Phi) is 3.58. The molecule has 0 saturated heterocycles. The first-order valence-corrected chi connectivity index (χ1v) is 6.30. The van der Waals surface area contributed by atoms with Crippen LogP contribution < -0.4 is 11.5 Å². The third kappa shape index (κ3) is 2.94. The highest BCUT2D eigenvalue weighted by Crippen LogP contribution is 2.21. The topological polar surface area (TPSA) is 104 Å². The van der Waals surface area contributed by atoms with Gasteiger partial charge in [0.15, 0.2) is 10.8 Å². The average molecular weight is 254 g/mol. The Morgan fingerprint density at radius 2 is 2.24 bits per heavy atom. The normalized spacial score (nSPS) is 17.3. The monoisotopic (exact) mass is 254 g/mol. The van der Waals surface area contributed by atoms with Gasteiger partial charge in [0.2, 0.25) is 0 Å². The van der Waals surface area contributed by atoms with Crippen LogP contribution >= 0.6 is 11.3 Å². The lowest BCUT2D eigenvalue weighted by atomic mass is 10.3. The minimum atomic E-state index is -0.659. The fraction of sp³-hybridized carbons (Fsp3) is 0.500. The SMILES string of the molecule is NC(=O)/C(=N\OC1CCCC1)c1csc(N)n1. The van der Waals surface area contributed by atoms with E-state index in [1.54, 1.807) is 5.38 Å². The second-order valence-corrected chi connectivity index (χ2v) is 4.78. The molecule has 0 atom stereocenters. The van der Waals surface area contributed by atoms with E-state index in [2.05, 4.69) is 10.1 Å². The van der Waals surface area contributed by atoms with Gasteiger partial charge in [-0.05, 0) is 25.7 Å². The zero-order valence-electron chi connectivity index (χ0n) is 9.26. The lowest BCUT2D eigenvalue weighted by Gasteiger charge is -2.07. The average Bonchev–Trinajstić information content (AvgIpc) is 2.90. The molecule has 1 aromatic rings. The van der Waals surface area contributed by atoms with Gasteiger partial charge >= 0.3 is 0 Å². The number of hydrogen-bond donors (Lipinski definition) is 2. The lowest BCUT2D eigenvalue weighted by molar-refractivity contribution is -0.112. The maximum absolute atomic E-state index is 11.2. The number of nitrogens with zero attached hydrogens (tertiary/aromatic N) is 2. The summed E-state index contributed by atoms with van der Waals surface area (Å²) in [5.74, 6) is -0.659. The molecule has 0 unspecified atom stereocenters. The van der Waals surface area contributed by atoms with Crippen molar-refractivity contribution in [1.29, 1.82) is 0 Å². The second-order valence-electron chi connectivity index (χ2n) is 3.89. The van der Waals surface area contributed by atoms with Gasteiger partial charge in [-0.3, -0.25) is 4.79 Å². The molecule has 6 nitrogen and oxygen atoms in total. The molecule has 1 aromatic heterocycles. The van der Waals surface area contributed by atoms with Gasteiger partial charge in [0.25, 0.3) is 5.91 Å². The van der Waals surface area contributed by atoms with Crippen LogP contribution in [0.5, 0.6) is 0 Å². The highest BCUT2D eigenvalue weighted by molar-refractivity contribution is 7.13. The van der Waals surface area contributed by atoms with Crippen molar-refractivity contribution >= 4 is 28.1 Å². The van der Waals surface area contributed by atoms with Crippen LogP contribution in [0.4, 0.5) is 5.13 Å². The van der Waals surface area contributed by atoms with Gasteiger partial charge < -0.3 is 16.3 Å². The Hall–Kier alpha value is -1.63. The number of anilines is 1.